The molecule has 0 fully saturated rings. The van der Waals surface area contributed by atoms with Crippen LogP contribution >= 0.6 is 11.3 Å². The van der Waals surface area contributed by atoms with Crippen LogP contribution in [0.25, 0.3) is 0 Å². The summed E-state index contributed by atoms with van der Waals surface area (Å²) in [5, 5.41) is 12.4. The first-order chi connectivity index (χ1) is 9.93. The Labute approximate surface area is 125 Å². The fourth-order valence-corrected chi connectivity index (χ4v) is 2.83. The van der Waals surface area contributed by atoms with Crippen LogP contribution in [0.3, 0.4) is 0 Å². The summed E-state index contributed by atoms with van der Waals surface area (Å²) >= 11 is 1.30. The standard InChI is InChI=1S/C14H14N2O4S/c1-7-8(2)21-13(11(7)14(19)20-3)16-12(18)9-4-10(17)6-15-5-9/h4-6,17H,1-3H3,(H,16,18). The average Bonchev–Trinajstić information content (AvgIpc) is 2.73. The van der Waals surface area contributed by atoms with Crippen molar-refractivity contribution in [3.8, 4) is 5.75 Å². The topological polar surface area (TPSA) is 88.5 Å². The molecule has 0 spiro atoms. The van der Waals surface area contributed by atoms with E-state index in [1.807, 2.05) is 6.92 Å². The molecule has 2 aromatic heterocycles. The highest BCUT2D eigenvalue weighted by molar-refractivity contribution is 7.16. The predicted octanol–water partition coefficient (Wildman–Crippen LogP) is 2.50. The van der Waals surface area contributed by atoms with Gasteiger partial charge in [-0.15, -0.1) is 11.3 Å². The number of carbonyl (C=O) groups excluding carboxylic acids is 2. The molecule has 2 N–H and O–H groups in total. The first-order valence-corrected chi connectivity index (χ1v) is 6.89. The zero-order valence-electron chi connectivity index (χ0n) is 11.8. The van der Waals surface area contributed by atoms with Crippen LogP contribution in [0.1, 0.15) is 31.2 Å². The monoisotopic (exact) mass is 306 g/mol. The molecule has 0 saturated heterocycles. The Balaban J connectivity index is 2.34. The number of hydrogen-bond donors (Lipinski definition) is 2. The molecular formula is C14H14N2O4S. The van der Waals surface area contributed by atoms with Gasteiger partial charge in [0, 0.05) is 11.1 Å². The van der Waals surface area contributed by atoms with Crippen molar-refractivity contribution >= 4 is 28.2 Å². The maximum atomic E-state index is 12.1. The second-order valence-corrected chi connectivity index (χ2v) is 5.59. The number of anilines is 1. The third kappa shape index (κ3) is 3.03. The molecule has 21 heavy (non-hydrogen) atoms. The van der Waals surface area contributed by atoms with Gasteiger partial charge >= 0.3 is 5.97 Å². The molecule has 2 rings (SSSR count). The third-order valence-electron chi connectivity index (χ3n) is 2.99. The zero-order valence-corrected chi connectivity index (χ0v) is 12.6. The van der Waals surface area contributed by atoms with Crippen molar-refractivity contribution in [2.24, 2.45) is 0 Å². The van der Waals surface area contributed by atoms with E-state index in [2.05, 4.69) is 10.3 Å². The molecule has 2 aromatic rings. The van der Waals surface area contributed by atoms with E-state index < -0.39 is 11.9 Å². The van der Waals surface area contributed by atoms with Crippen molar-refractivity contribution in [1.82, 2.24) is 4.98 Å². The molecule has 6 nitrogen and oxygen atoms in total. The molecule has 0 atom stereocenters. The summed E-state index contributed by atoms with van der Waals surface area (Å²) in [4.78, 5) is 28.6. The second kappa shape index (κ2) is 5.92. The van der Waals surface area contributed by atoms with Gasteiger partial charge in [0.1, 0.15) is 10.8 Å². The van der Waals surface area contributed by atoms with Gasteiger partial charge in [0.05, 0.1) is 24.4 Å². The van der Waals surface area contributed by atoms with Crippen LogP contribution in [0.2, 0.25) is 0 Å². The second-order valence-electron chi connectivity index (χ2n) is 4.36. The fourth-order valence-electron chi connectivity index (χ4n) is 1.79. The van der Waals surface area contributed by atoms with Gasteiger partial charge in [-0.3, -0.25) is 9.78 Å². The largest absolute Gasteiger partial charge is 0.506 e. The highest BCUT2D eigenvalue weighted by atomic mass is 32.1. The van der Waals surface area contributed by atoms with Crippen LogP contribution in [0.5, 0.6) is 5.75 Å². The number of ether oxygens (including phenoxy) is 1. The molecule has 7 heteroatoms. The minimum atomic E-state index is -0.499. The van der Waals surface area contributed by atoms with Gasteiger partial charge in [-0.2, -0.15) is 0 Å². The van der Waals surface area contributed by atoms with Crippen LogP contribution < -0.4 is 5.32 Å². The number of rotatable bonds is 3. The number of nitrogens with one attached hydrogen (secondary N) is 1. The highest BCUT2D eigenvalue weighted by Crippen LogP contribution is 2.33. The van der Waals surface area contributed by atoms with Crippen LogP contribution in [-0.4, -0.2) is 29.1 Å². The Morgan fingerprint density at radius 1 is 1.33 bits per heavy atom. The van der Waals surface area contributed by atoms with Gasteiger partial charge in [-0.1, -0.05) is 0 Å². The molecule has 0 aliphatic carbocycles. The number of amides is 1. The minimum absolute atomic E-state index is 0.102. The summed E-state index contributed by atoms with van der Waals surface area (Å²) in [6.45, 7) is 3.65. The molecule has 0 unspecified atom stereocenters. The van der Waals surface area contributed by atoms with E-state index in [1.54, 1.807) is 6.92 Å². The molecule has 0 aromatic carbocycles. The van der Waals surface area contributed by atoms with E-state index in [9.17, 15) is 14.7 Å². The summed E-state index contributed by atoms with van der Waals surface area (Å²) in [5.41, 5.74) is 1.33. The molecule has 0 saturated carbocycles. The molecule has 110 valence electrons. The number of carbonyl (C=O) groups is 2. The minimum Gasteiger partial charge on any atom is -0.506 e. The SMILES string of the molecule is COC(=O)c1c(NC(=O)c2cncc(O)c2)sc(C)c1C. The smallest absolute Gasteiger partial charge is 0.341 e. The predicted molar refractivity (Wildman–Crippen MR) is 79.0 cm³/mol. The third-order valence-corrected chi connectivity index (χ3v) is 4.11. The molecule has 0 aliphatic rings. The number of aryl methyl sites for hydroxylation is 1. The summed E-state index contributed by atoms with van der Waals surface area (Å²) in [5.74, 6) is -1.06. The van der Waals surface area contributed by atoms with E-state index in [0.29, 0.717) is 10.6 Å². The van der Waals surface area contributed by atoms with Crippen molar-refractivity contribution in [3.05, 3.63) is 40.0 Å². The molecule has 1 amide bonds. The number of aromatic hydroxyl groups is 1. The fraction of sp³-hybridized carbons (Fsp3) is 0.214. The normalized spacial score (nSPS) is 10.2. The Morgan fingerprint density at radius 2 is 2.05 bits per heavy atom. The van der Waals surface area contributed by atoms with E-state index in [-0.39, 0.29) is 11.3 Å². The number of pyridine rings is 1. The van der Waals surface area contributed by atoms with Gasteiger partial charge in [0.15, 0.2) is 0 Å². The van der Waals surface area contributed by atoms with Crippen LogP contribution in [-0.2, 0) is 4.74 Å². The van der Waals surface area contributed by atoms with Gasteiger partial charge < -0.3 is 15.2 Å². The maximum Gasteiger partial charge on any atom is 0.341 e. The number of nitrogens with zero attached hydrogens (tertiary/aromatic N) is 1. The Bertz CT molecular complexity index is 709. The highest BCUT2D eigenvalue weighted by Gasteiger charge is 2.22. The Morgan fingerprint density at radius 3 is 2.67 bits per heavy atom. The first-order valence-electron chi connectivity index (χ1n) is 6.07. The lowest BCUT2D eigenvalue weighted by Gasteiger charge is -2.06. The summed E-state index contributed by atoms with van der Waals surface area (Å²) in [6, 6.07) is 1.30. The Hall–Kier alpha value is -2.41. The quantitative estimate of drug-likeness (QED) is 0.851. The van der Waals surface area contributed by atoms with Gasteiger partial charge in [0.25, 0.3) is 5.91 Å². The Kier molecular flexibility index (Phi) is 4.23. The van der Waals surface area contributed by atoms with Gasteiger partial charge in [0.2, 0.25) is 0 Å². The summed E-state index contributed by atoms with van der Waals surface area (Å²) in [7, 11) is 1.29. The van der Waals surface area contributed by atoms with Crippen molar-refractivity contribution in [1.29, 1.82) is 0 Å². The van der Waals surface area contributed by atoms with Crippen LogP contribution in [0.4, 0.5) is 5.00 Å². The maximum absolute atomic E-state index is 12.1. The number of methoxy groups -OCH3 is 1. The average molecular weight is 306 g/mol. The zero-order chi connectivity index (χ0) is 15.6. The van der Waals surface area contributed by atoms with E-state index in [1.165, 1.54) is 36.9 Å². The lowest BCUT2D eigenvalue weighted by atomic mass is 10.1. The number of thiophene rings is 1. The molecule has 0 radical (unpaired) electrons. The van der Waals surface area contributed by atoms with Crippen LogP contribution in [0, 0.1) is 13.8 Å². The molecule has 0 aliphatic heterocycles. The molecule has 0 bridgehead atoms. The number of hydrogen-bond acceptors (Lipinski definition) is 6. The van der Waals surface area contributed by atoms with Crippen molar-refractivity contribution < 1.29 is 19.4 Å². The number of esters is 1. The summed E-state index contributed by atoms with van der Waals surface area (Å²) < 4.78 is 4.74. The van der Waals surface area contributed by atoms with Gasteiger partial charge in [-0.25, -0.2) is 4.79 Å². The lowest BCUT2D eigenvalue weighted by Crippen LogP contribution is -2.14. The summed E-state index contributed by atoms with van der Waals surface area (Å²) in [6.07, 6.45) is 2.57. The molecular weight excluding hydrogens is 292 g/mol. The van der Waals surface area contributed by atoms with E-state index in [0.717, 1.165) is 10.4 Å². The first kappa shape index (κ1) is 15.0. The van der Waals surface area contributed by atoms with E-state index in [4.69, 9.17) is 4.74 Å². The van der Waals surface area contributed by atoms with Crippen molar-refractivity contribution in [3.63, 3.8) is 0 Å². The van der Waals surface area contributed by atoms with Crippen molar-refractivity contribution in [2.75, 3.05) is 12.4 Å². The van der Waals surface area contributed by atoms with Crippen LogP contribution in [0.15, 0.2) is 18.5 Å². The van der Waals surface area contributed by atoms with Crippen molar-refractivity contribution in [2.45, 2.75) is 13.8 Å². The molecule has 2 heterocycles. The van der Waals surface area contributed by atoms with Gasteiger partial charge in [-0.05, 0) is 25.5 Å². The lowest BCUT2D eigenvalue weighted by molar-refractivity contribution is 0.0601. The van der Waals surface area contributed by atoms with E-state index >= 15 is 0 Å². The number of aromatic nitrogens is 1.